The van der Waals surface area contributed by atoms with Crippen molar-refractivity contribution < 1.29 is 14.3 Å². The van der Waals surface area contributed by atoms with Crippen molar-refractivity contribution in [2.45, 2.75) is 76.3 Å². The number of thioether (sulfide) groups is 1. The van der Waals surface area contributed by atoms with Gasteiger partial charge in [-0.1, -0.05) is 118 Å². The number of para-hydroxylation sites is 1. The molecule has 0 fully saturated rings. The number of hydrogen-bond donors (Lipinski definition) is 1. The van der Waals surface area contributed by atoms with Crippen LogP contribution in [0.2, 0.25) is 5.02 Å². The number of esters is 1. The van der Waals surface area contributed by atoms with E-state index in [1.54, 1.807) is 24.3 Å². The SMILES string of the molecule is CCCCCCCCCCCc1nnc(SCC(=O)NN=Cc2ccc(OC(=O)c3sc4ccccc4c3Cl)cc2)n1-c1ccccc1. The number of unbranched alkanes of at least 4 members (excludes halogenated alkanes) is 8. The molecule has 0 aliphatic rings. The Balaban J connectivity index is 1.09. The summed E-state index contributed by atoms with van der Waals surface area (Å²) in [6, 6.07) is 24.4. The molecule has 2 heterocycles. The predicted molar refractivity (Wildman–Crippen MR) is 197 cm³/mol. The van der Waals surface area contributed by atoms with E-state index in [1.165, 1.54) is 80.7 Å². The lowest BCUT2D eigenvalue weighted by Gasteiger charge is -2.10. The average molecular weight is 702 g/mol. The van der Waals surface area contributed by atoms with E-state index in [0.717, 1.165) is 40.0 Å². The number of hydrogen-bond acceptors (Lipinski definition) is 8. The van der Waals surface area contributed by atoms with Gasteiger partial charge in [0.1, 0.15) is 16.5 Å². The molecule has 48 heavy (non-hydrogen) atoms. The standard InChI is InChI=1S/C37H40ClN5O3S2/c1-2-3-4-5-6-7-8-9-13-20-32-40-42-37(43(32)28-16-11-10-12-17-28)47-26-33(44)41-39-25-27-21-23-29(24-22-27)46-36(45)35-34(38)30-18-14-15-19-31(30)48-35/h10-12,14-19,21-25H,2-9,13,20,26H2,1H3,(H,41,44). The molecule has 11 heteroatoms. The van der Waals surface area contributed by atoms with E-state index in [-0.39, 0.29) is 11.7 Å². The molecule has 0 spiro atoms. The molecular weight excluding hydrogens is 662 g/mol. The fourth-order valence-electron chi connectivity index (χ4n) is 5.25. The highest BCUT2D eigenvalue weighted by Crippen LogP contribution is 2.35. The molecule has 0 atom stereocenters. The second-order valence-electron chi connectivity index (χ2n) is 11.4. The molecule has 0 saturated heterocycles. The Morgan fingerprint density at radius 1 is 0.896 bits per heavy atom. The lowest BCUT2D eigenvalue weighted by atomic mass is 10.1. The molecule has 2 aromatic heterocycles. The number of halogens is 1. The molecule has 0 bridgehead atoms. The van der Waals surface area contributed by atoms with E-state index in [1.807, 2.05) is 54.6 Å². The minimum Gasteiger partial charge on any atom is -0.422 e. The maximum absolute atomic E-state index is 12.7. The van der Waals surface area contributed by atoms with Crippen LogP contribution < -0.4 is 10.2 Å². The average Bonchev–Trinajstić information content (AvgIpc) is 3.68. The van der Waals surface area contributed by atoms with E-state index < -0.39 is 5.97 Å². The molecule has 5 rings (SSSR count). The highest BCUT2D eigenvalue weighted by molar-refractivity contribution is 7.99. The van der Waals surface area contributed by atoms with Crippen LogP contribution in [0.1, 0.15) is 85.8 Å². The lowest BCUT2D eigenvalue weighted by Crippen LogP contribution is -2.20. The first-order valence-electron chi connectivity index (χ1n) is 16.5. The molecule has 0 aliphatic heterocycles. The van der Waals surface area contributed by atoms with Gasteiger partial charge < -0.3 is 4.74 Å². The lowest BCUT2D eigenvalue weighted by molar-refractivity contribution is -0.118. The summed E-state index contributed by atoms with van der Waals surface area (Å²) in [6.45, 7) is 2.25. The third-order valence-electron chi connectivity index (χ3n) is 7.76. The van der Waals surface area contributed by atoms with Gasteiger partial charge in [-0.25, -0.2) is 10.2 Å². The van der Waals surface area contributed by atoms with Crippen LogP contribution >= 0.6 is 34.7 Å². The normalized spacial score (nSPS) is 11.4. The van der Waals surface area contributed by atoms with Crippen molar-refractivity contribution >= 4 is 62.9 Å². The highest BCUT2D eigenvalue weighted by atomic mass is 35.5. The van der Waals surface area contributed by atoms with Crippen LogP contribution in [0.3, 0.4) is 0 Å². The van der Waals surface area contributed by atoms with Gasteiger partial charge in [-0.15, -0.1) is 21.5 Å². The van der Waals surface area contributed by atoms with Crippen LogP contribution in [-0.4, -0.2) is 38.6 Å². The minimum absolute atomic E-state index is 0.134. The minimum atomic E-state index is -0.508. The first-order chi connectivity index (χ1) is 23.5. The number of nitrogens with one attached hydrogen (secondary N) is 1. The van der Waals surface area contributed by atoms with Gasteiger partial charge in [-0.05, 0) is 54.4 Å². The van der Waals surface area contributed by atoms with E-state index in [9.17, 15) is 9.59 Å². The summed E-state index contributed by atoms with van der Waals surface area (Å²) in [5.74, 6) is 0.656. The van der Waals surface area contributed by atoms with Gasteiger partial charge >= 0.3 is 5.97 Å². The molecule has 1 N–H and O–H groups in total. The van der Waals surface area contributed by atoms with Gasteiger partial charge in [-0.2, -0.15) is 5.10 Å². The van der Waals surface area contributed by atoms with Gasteiger partial charge in [0.2, 0.25) is 0 Å². The van der Waals surface area contributed by atoms with E-state index in [0.29, 0.717) is 20.8 Å². The molecule has 0 aliphatic carbocycles. The maximum atomic E-state index is 12.7. The number of nitrogens with zero attached hydrogens (tertiary/aromatic N) is 4. The molecule has 0 saturated carbocycles. The largest absolute Gasteiger partial charge is 0.422 e. The zero-order valence-corrected chi connectivity index (χ0v) is 29.5. The Morgan fingerprint density at radius 2 is 1.58 bits per heavy atom. The van der Waals surface area contributed by atoms with Crippen LogP contribution in [0.25, 0.3) is 15.8 Å². The number of carbonyl (C=O) groups excluding carboxylic acids is 2. The number of thiophene rings is 1. The molecule has 8 nitrogen and oxygen atoms in total. The maximum Gasteiger partial charge on any atom is 0.355 e. The third-order valence-corrected chi connectivity index (χ3v) is 10.3. The highest BCUT2D eigenvalue weighted by Gasteiger charge is 2.19. The number of aryl methyl sites for hydroxylation is 1. The van der Waals surface area contributed by atoms with E-state index >= 15 is 0 Å². The smallest absolute Gasteiger partial charge is 0.355 e. The van der Waals surface area contributed by atoms with Crippen LogP contribution in [0.4, 0.5) is 0 Å². The van der Waals surface area contributed by atoms with E-state index in [2.05, 4.69) is 32.2 Å². The predicted octanol–water partition coefficient (Wildman–Crippen LogP) is 9.67. The van der Waals surface area contributed by atoms with Crippen molar-refractivity contribution in [1.82, 2.24) is 20.2 Å². The van der Waals surface area contributed by atoms with Crippen molar-refractivity contribution in [3.8, 4) is 11.4 Å². The van der Waals surface area contributed by atoms with Gasteiger partial charge in [-0.3, -0.25) is 9.36 Å². The summed E-state index contributed by atoms with van der Waals surface area (Å²) in [5.41, 5.74) is 4.29. The van der Waals surface area contributed by atoms with Crippen molar-refractivity contribution in [2.24, 2.45) is 5.10 Å². The van der Waals surface area contributed by atoms with Gasteiger partial charge in [0, 0.05) is 22.2 Å². The summed E-state index contributed by atoms with van der Waals surface area (Å²) in [5, 5.41) is 14.9. The zero-order valence-electron chi connectivity index (χ0n) is 27.1. The van der Waals surface area contributed by atoms with Crippen LogP contribution in [0, 0.1) is 0 Å². The summed E-state index contributed by atoms with van der Waals surface area (Å²) in [6.07, 6.45) is 13.8. The number of rotatable bonds is 18. The molecule has 3 aromatic carbocycles. The van der Waals surface area contributed by atoms with Crippen LogP contribution in [-0.2, 0) is 11.2 Å². The third kappa shape index (κ3) is 10.0. The Hall–Kier alpha value is -3.99. The van der Waals surface area contributed by atoms with Crippen LogP contribution in [0.5, 0.6) is 5.75 Å². The quantitative estimate of drug-likeness (QED) is 0.0244. The molecule has 250 valence electrons. The van der Waals surface area contributed by atoms with Crippen molar-refractivity contribution in [3.63, 3.8) is 0 Å². The topological polar surface area (TPSA) is 98.5 Å². The second-order valence-corrected chi connectivity index (χ2v) is 13.8. The molecule has 5 aromatic rings. The van der Waals surface area contributed by atoms with Crippen molar-refractivity contribution in [3.05, 3.63) is 100 Å². The van der Waals surface area contributed by atoms with Gasteiger partial charge in [0.15, 0.2) is 5.16 Å². The summed E-state index contributed by atoms with van der Waals surface area (Å²) < 4.78 is 8.51. The number of ether oxygens (including phenoxy) is 1. The molecule has 0 radical (unpaired) electrons. The Kier molecular flexibility index (Phi) is 13.6. The number of amides is 1. The van der Waals surface area contributed by atoms with Crippen molar-refractivity contribution in [1.29, 1.82) is 0 Å². The van der Waals surface area contributed by atoms with E-state index in [4.69, 9.17) is 16.3 Å². The fourth-order valence-corrected chi connectivity index (χ4v) is 7.40. The Morgan fingerprint density at radius 3 is 2.31 bits per heavy atom. The number of hydrazone groups is 1. The number of benzene rings is 3. The van der Waals surface area contributed by atoms with Crippen molar-refractivity contribution in [2.75, 3.05) is 5.75 Å². The Labute approximate surface area is 295 Å². The summed E-state index contributed by atoms with van der Waals surface area (Å²) in [7, 11) is 0. The zero-order chi connectivity index (χ0) is 33.6. The number of fused-ring (bicyclic) bond motifs is 1. The molecular formula is C37H40ClN5O3S2. The first kappa shape index (κ1) is 35.3. The molecule has 1 amide bonds. The monoisotopic (exact) mass is 701 g/mol. The number of carbonyl (C=O) groups is 2. The Bertz CT molecular complexity index is 1810. The van der Waals surface area contributed by atoms with Crippen LogP contribution in [0.15, 0.2) is 89.1 Å². The summed E-state index contributed by atoms with van der Waals surface area (Å²) in [4.78, 5) is 25.7. The summed E-state index contributed by atoms with van der Waals surface area (Å²) >= 11 is 9.04. The fraction of sp³-hybridized carbons (Fsp3) is 0.324. The van der Waals surface area contributed by atoms with Gasteiger partial charge in [0.05, 0.1) is 17.0 Å². The molecule has 0 unspecified atom stereocenters. The first-order valence-corrected chi connectivity index (χ1v) is 18.6. The number of aromatic nitrogens is 3. The van der Waals surface area contributed by atoms with Gasteiger partial charge in [0.25, 0.3) is 5.91 Å². The second kappa shape index (κ2) is 18.5.